The zero-order chi connectivity index (χ0) is 15.0. The fourth-order valence-corrected chi connectivity index (χ4v) is 3.55. The smallest absolute Gasteiger partial charge is 0.107 e. The Morgan fingerprint density at radius 1 is 1.19 bits per heavy atom. The first-order valence-corrected chi connectivity index (χ1v) is 7.80. The van der Waals surface area contributed by atoms with Gasteiger partial charge in [-0.05, 0) is 36.1 Å². The van der Waals surface area contributed by atoms with E-state index in [4.69, 9.17) is 29.6 Å². The van der Waals surface area contributed by atoms with E-state index in [1.807, 2.05) is 18.2 Å². The highest BCUT2D eigenvalue weighted by Gasteiger charge is 2.25. The van der Waals surface area contributed by atoms with Crippen molar-refractivity contribution in [1.29, 1.82) is 0 Å². The third-order valence-corrected chi connectivity index (χ3v) is 4.39. The molecule has 0 radical (unpaired) electrons. The van der Waals surface area contributed by atoms with E-state index < -0.39 is 0 Å². The molecule has 0 bridgehead atoms. The fourth-order valence-electron chi connectivity index (χ4n) is 3.01. The van der Waals surface area contributed by atoms with Gasteiger partial charge in [0.15, 0.2) is 0 Å². The number of hydrogen-bond acceptors (Lipinski definition) is 2. The molecular weight excluding hydrogens is 300 g/mol. The Morgan fingerprint density at radius 3 is 2.67 bits per heavy atom. The lowest BCUT2D eigenvalue weighted by Gasteiger charge is -2.36. The average Bonchev–Trinajstić information content (AvgIpc) is 2.45. The first-order chi connectivity index (χ1) is 10.1. The van der Waals surface area contributed by atoms with Gasteiger partial charge in [-0.25, -0.2) is 0 Å². The molecule has 0 saturated carbocycles. The van der Waals surface area contributed by atoms with E-state index in [-0.39, 0.29) is 0 Å². The van der Waals surface area contributed by atoms with Gasteiger partial charge in [0.25, 0.3) is 0 Å². The Balaban J connectivity index is 2.18. The van der Waals surface area contributed by atoms with Gasteiger partial charge in [-0.2, -0.15) is 0 Å². The Hall–Kier alpha value is -1.58. The highest BCUT2D eigenvalue weighted by molar-refractivity contribution is 7.80. The van der Waals surface area contributed by atoms with Gasteiger partial charge in [0.1, 0.15) is 4.99 Å². The van der Waals surface area contributed by atoms with E-state index in [1.165, 1.54) is 11.3 Å². The number of anilines is 2. The van der Waals surface area contributed by atoms with Gasteiger partial charge in [-0.3, -0.25) is 0 Å². The number of rotatable bonds is 2. The molecule has 1 atom stereocenters. The van der Waals surface area contributed by atoms with Crippen molar-refractivity contribution in [3.63, 3.8) is 0 Å². The average molecular weight is 317 g/mol. The maximum atomic E-state index is 6.31. The summed E-state index contributed by atoms with van der Waals surface area (Å²) >= 11 is 11.5. The van der Waals surface area contributed by atoms with Gasteiger partial charge in [0.2, 0.25) is 0 Å². The Bertz CT molecular complexity index is 699. The molecule has 2 nitrogen and oxygen atoms in total. The minimum atomic E-state index is 0.339. The molecule has 4 heteroatoms. The first-order valence-electron chi connectivity index (χ1n) is 7.01. The monoisotopic (exact) mass is 316 g/mol. The maximum Gasteiger partial charge on any atom is 0.107 e. The molecule has 1 heterocycles. The molecule has 2 aromatic rings. The van der Waals surface area contributed by atoms with E-state index in [1.54, 1.807) is 0 Å². The van der Waals surface area contributed by atoms with E-state index in [0.717, 1.165) is 24.2 Å². The van der Waals surface area contributed by atoms with Gasteiger partial charge in [0, 0.05) is 12.2 Å². The van der Waals surface area contributed by atoms with Crippen LogP contribution in [0.4, 0.5) is 11.4 Å². The quantitative estimate of drug-likeness (QED) is 0.837. The second-order valence-electron chi connectivity index (χ2n) is 5.55. The summed E-state index contributed by atoms with van der Waals surface area (Å²) in [7, 11) is 0. The van der Waals surface area contributed by atoms with Crippen molar-refractivity contribution in [1.82, 2.24) is 0 Å². The van der Waals surface area contributed by atoms with Crippen molar-refractivity contribution >= 4 is 40.2 Å². The number of benzene rings is 2. The van der Waals surface area contributed by atoms with Crippen LogP contribution in [-0.2, 0) is 6.42 Å². The molecule has 0 aromatic heterocycles. The van der Waals surface area contributed by atoms with Gasteiger partial charge < -0.3 is 10.6 Å². The van der Waals surface area contributed by atoms with Crippen molar-refractivity contribution in [2.24, 2.45) is 11.7 Å². The maximum absolute atomic E-state index is 6.31. The fraction of sp³-hybridized carbons (Fsp3) is 0.235. The molecule has 0 aliphatic carbocycles. The molecule has 108 valence electrons. The molecule has 21 heavy (non-hydrogen) atoms. The third kappa shape index (κ3) is 2.63. The van der Waals surface area contributed by atoms with Crippen molar-refractivity contribution in [3.8, 4) is 0 Å². The lowest BCUT2D eigenvalue weighted by molar-refractivity contribution is 0.562. The zero-order valence-corrected chi connectivity index (χ0v) is 13.4. The van der Waals surface area contributed by atoms with Crippen LogP contribution in [0.1, 0.15) is 18.1 Å². The van der Waals surface area contributed by atoms with Gasteiger partial charge in [-0.15, -0.1) is 0 Å². The standard InChI is InChI=1S/C17H17ClN2S/c1-11-9-12-5-2-3-7-14(12)20(10-11)15-8-4-6-13(18)16(15)17(19)21/h2-8,11H,9-10H2,1H3,(H2,19,21). The van der Waals surface area contributed by atoms with Crippen molar-refractivity contribution in [3.05, 3.63) is 58.6 Å². The minimum Gasteiger partial charge on any atom is -0.389 e. The van der Waals surface area contributed by atoms with Crippen LogP contribution < -0.4 is 10.6 Å². The van der Waals surface area contributed by atoms with Crippen LogP contribution >= 0.6 is 23.8 Å². The highest BCUT2D eigenvalue weighted by atomic mass is 35.5. The molecule has 0 saturated heterocycles. The Labute approximate surface area is 135 Å². The van der Waals surface area contributed by atoms with Gasteiger partial charge in [-0.1, -0.05) is 55.0 Å². The van der Waals surface area contributed by atoms with Crippen LogP contribution in [0.3, 0.4) is 0 Å². The number of fused-ring (bicyclic) bond motifs is 1. The molecule has 0 amide bonds. The van der Waals surface area contributed by atoms with Crippen LogP contribution in [0, 0.1) is 5.92 Å². The predicted octanol–water partition coefficient (Wildman–Crippen LogP) is 4.30. The van der Waals surface area contributed by atoms with E-state index in [0.29, 0.717) is 15.9 Å². The summed E-state index contributed by atoms with van der Waals surface area (Å²) in [6.45, 7) is 3.20. The van der Waals surface area contributed by atoms with Crippen LogP contribution in [0.5, 0.6) is 0 Å². The number of halogens is 1. The summed E-state index contributed by atoms with van der Waals surface area (Å²) in [5, 5.41) is 0.607. The van der Waals surface area contributed by atoms with E-state index in [9.17, 15) is 0 Å². The third-order valence-electron chi connectivity index (χ3n) is 3.87. The van der Waals surface area contributed by atoms with Crippen LogP contribution in [-0.4, -0.2) is 11.5 Å². The number of nitrogens with two attached hydrogens (primary N) is 1. The summed E-state index contributed by atoms with van der Waals surface area (Å²) in [4.78, 5) is 2.62. The molecule has 2 N–H and O–H groups in total. The molecule has 2 aromatic carbocycles. The van der Waals surface area contributed by atoms with Crippen molar-refractivity contribution in [2.75, 3.05) is 11.4 Å². The second kappa shape index (κ2) is 5.66. The number of nitrogens with zero attached hydrogens (tertiary/aromatic N) is 1. The minimum absolute atomic E-state index is 0.339. The Morgan fingerprint density at radius 2 is 1.90 bits per heavy atom. The van der Waals surface area contributed by atoms with Gasteiger partial charge in [0.05, 0.1) is 16.3 Å². The number of para-hydroxylation sites is 1. The van der Waals surface area contributed by atoms with Crippen molar-refractivity contribution < 1.29 is 0 Å². The van der Waals surface area contributed by atoms with Crippen LogP contribution in [0.2, 0.25) is 5.02 Å². The normalized spacial score (nSPS) is 17.4. The van der Waals surface area contributed by atoms with Crippen molar-refractivity contribution in [2.45, 2.75) is 13.3 Å². The van der Waals surface area contributed by atoms with Crippen LogP contribution in [0.25, 0.3) is 0 Å². The van der Waals surface area contributed by atoms with E-state index in [2.05, 4.69) is 36.1 Å². The molecule has 1 aliphatic rings. The largest absolute Gasteiger partial charge is 0.389 e. The summed E-state index contributed by atoms with van der Waals surface area (Å²) in [6.07, 6.45) is 1.09. The molecular formula is C17H17ClN2S. The summed E-state index contributed by atoms with van der Waals surface area (Å²) in [5.74, 6) is 0.568. The highest BCUT2D eigenvalue weighted by Crippen LogP contribution is 2.38. The topological polar surface area (TPSA) is 29.3 Å². The molecule has 3 rings (SSSR count). The molecule has 0 spiro atoms. The van der Waals surface area contributed by atoms with Gasteiger partial charge >= 0.3 is 0 Å². The van der Waals surface area contributed by atoms with E-state index >= 15 is 0 Å². The summed E-state index contributed by atoms with van der Waals surface area (Å²) in [5.41, 5.74) is 10.2. The zero-order valence-electron chi connectivity index (χ0n) is 11.8. The number of thiocarbonyl (C=S) groups is 1. The molecule has 1 aliphatic heterocycles. The van der Waals surface area contributed by atoms with Crippen LogP contribution in [0.15, 0.2) is 42.5 Å². The lowest BCUT2D eigenvalue weighted by Crippen LogP contribution is -2.32. The molecule has 1 unspecified atom stereocenters. The lowest BCUT2D eigenvalue weighted by atomic mass is 9.93. The predicted molar refractivity (Wildman–Crippen MR) is 93.7 cm³/mol. The summed E-state index contributed by atoms with van der Waals surface area (Å²) in [6, 6.07) is 14.3. The second-order valence-corrected chi connectivity index (χ2v) is 6.39. The SMILES string of the molecule is CC1Cc2ccccc2N(c2cccc(Cl)c2C(N)=S)C1. The molecule has 0 fully saturated rings. The summed E-state index contributed by atoms with van der Waals surface area (Å²) < 4.78 is 0. The Kier molecular flexibility index (Phi) is 3.87. The first kappa shape index (κ1) is 14.4. The number of hydrogen-bond donors (Lipinski definition) is 1.